The van der Waals surface area contributed by atoms with Crippen LogP contribution in [-0.2, 0) is 0 Å². The number of hydrogen-bond donors (Lipinski definition) is 1. The topological polar surface area (TPSA) is 29.9 Å². The summed E-state index contributed by atoms with van der Waals surface area (Å²) in [5, 5.41) is 7.93. The minimum absolute atomic E-state index is 0.498. The molecule has 0 saturated carbocycles. The highest BCUT2D eigenvalue weighted by molar-refractivity contribution is 5.00. The van der Waals surface area contributed by atoms with E-state index in [1.807, 2.05) is 6.20 Å². The predicted octanol–water partition coefficient (Wildman–Crippen LogP) is 2.78. The molecule has 92 valence electrons. The first kappa shape index (κ1) is 13.2. The molecule has 16 heavy (non-hydrogen) atoms. The highest BCUT2D eigenvalue weighted by Gasteiger charge is 2.10. The fraction of sp³-hybridized carbons (Fsp3) is 0.769. The summed E-state index contributed by atoms with van der Waals surface area (Å²) in [5.74, 6) is 0.710. The molecule has 0 spiro atoms. The Balaban J connectivity index is 2.47. The predicted molar refractivity (Wildman–Crippen MR) is 68.6 cm³/mol. The SMILES string of the molecule is CCCC(CNCC(C)C)n1cc(C)cn1. The summed E-state index contributed by atoms with van der Waals surface area (Å²) in [5.41, 5.74) is 1.24. The molecule has 3 heteroatoms. The molecule has 3 nitrogen and oxygen atoms in total. The van der Waals surface area contributed by atoms with Crippen molar-refractivity contribution in [3.63, 3.8) is 0 Å². The van der Waals surface area contributed by atoms with Gasteiger partial charge in [0.05, 0.1) is 12.2 Å². The number of aryl methyl sites for hydroxylation is 1. The summed E-state index contributed by atoms with van der Waals surface area (Å²) in [4.78, 5) is 0. The molecule has 0 fully saturated rings. The smallest absolute Gasteiger partial charge is 0.0643 e. The maximum absolute atomic E-state index is 4.41. The largest absolute Gasteiger partial charge is 0.314 e. The molecule has 0 aromatic carbocycles. The quantitative estimate of drug-likeness (QED) is 0.770. The fourth-order valence-corrected chi connectivity index (χ4v) is 1.83. The lowest BCUT2D eigenvalue weighted by molar-refractivity contribution is 0.385. The molecule has 1 atom stereocenters. The molecule has 1 aromatic rings. The average molecular weight is 223 g/mol. The molecule has 0 aliphatic rings. The molecule has 1 heterocycles. The second-order valence-corrected chi connectivity index (χ2v) is 4.99. The third-order valence-electron chi connectivity index (χ3n) is 2.66. The van der Waals surface area contributed by atoms with E-state index < -0.39 is 0 Å². The highest BCUT2D eigenvalue weighted by atomic mass is 15.3. The number of rotatable bonds is 7. The van der Waals surface area contributed by atoms with E-state index in [0.29, 0.717) is 12.0 Å². The zero-order chi connectivity index (χ0) is 12.0. The summed E-state index contributed by atoms with van der Waals surface area (Å²) in [6.45, 7) is 10.9. The number of nitrogens with one attached hydrogen (secondary N) is 1. The zero-order valence-corrected chi connectivity index (χ0v) is 11.0. The lowest BCUT2D eigenvalue weighted by atomic mass is 10.1. The van der Waals surface area contributed by atoms with Gasteiger partial charge in [-0.15, -0.1) is 0 Å². The second-order valence-electron chi connectivity index (χ2n) is 4.99. The van der Waals surface area contributed by atoms with Crippen LogP contribution in [0.2, 0.25) is 0 Å². The van der Waals surface area contributed by atoms with Crippen molar-refractivity contribution < 1.29 is 0 Å². The molecule has 0 aliphatic carbocycles. The van der Waals surface area contributed by atoms with Gasteiger partial charge >= 0.3 is 0 Å². The van der Waals surface area contributed by atoms with E-state index in [4.69, 9.17) is 0 Å². The average Bonchev–Trinajstić information content (AvgIpc) is 2.63. The second kappa shape index (κ2) is 6.69. The first-order valence-corrected chi connectivity index (χ1v) is 6.35. The summed E-state index contributed by atoms with van der Waals surface area (Å²) in [6.07, 6.45) is 6.46. The minimum Gasteiger partial charge on any atom is -0.314 e. The van der Waals surface area contributed by atoms with Gasteiger partial charge < -0.3 is 5.32 Å². The third kappa shape index (κ3) is 4.35. The zero-order valence-electron chi connectivity index (χ0n) is 11.0. The molecule has 0 amide bonds. The van der Waals surface area contributed by atoms with Gasteiger partial charge in [-0.05, 0) is 31.4 Å². The van der Waals surface area contributed by atoms with Gasteiger partial charge in [0, 0.05) is 12.7 Å². The van der Waals surface area contributed by atoms with E-state index in [9.17, 15) is 0 Å². The minimum atomic E-state index is 0.498. The summed E-state index contributed by atoms with van der Waals surface area (Å²) in [6, 6.07) is 0.498. The first-order chi connectivity index (χ1) is 7.63. The van der Waals surface area contributed by atoms with Crippen molar-refractivity contribution >= 4 is 0 Å². The number of nitrogens with zero attached hydrogens (tertiary/aromatic N) is 2. The Morgan fingerprint density at radius 1 is 1.38 bits per heavy atom. The summed E-state index contributed by atoms with van der Waals surface area (Å²) >= 11 is 0. The molecule has 0 radical (unpaired) electrons. The molecule has 0 saturated heterocycles. The Morgan fingerprint density at radius 3 is 2.62 bits per heavy atom. The maximum Gasteiger partial charge on any atom is 0.0643 e. The number of aromatic nitrogens is 2. The van der Waals surface area contributed by atoms with Crippen molar-refractivity contribution in [3.8, 4) is 0 Å². The van der Waals surface area contributed by atoms with Gasteiger partial charge in [-0.2, -0.15) is 5.10 Å². The molecular formula is C13H25N3. The first-order valence-electron chi connectivity index (χ1n) is 6.35. The van der Waals surface area contributed by atoms with Crippen molar-refractivity contribution in [2.24, 2.45) is 5.92 Å². The Morgan fingerprint density at radius 2 is 2.12 bits per heavy atom. The Labute approximate surface area is 99.2 Å². The monoisotopic (exact) mass is 223 g/mol. The van der Waals surface area contributed by atoms with Crippen LogP contribution in [0.5, 0.6) is 0 Å². The van der Waals surface area contributed by atoms with E-state index in [2.05, 4.69) is 49.0 Å². The Hall–Kier alpha value is -0.830. The van der Waals surface area contributed by atoms with Crippen molar-refractivity contribution in [2.45, 2.75) is 46.6 Å². The van der Waals surface area contributed by atoms with E-state index in [-0.39, 0.29) is 0 Å². The van der Waals surface area contributed by atoms with Crippen molar-refractivity contribution in [3.05, 3.63) is 18.0 Å². The van der Waals surface area contributed by atoms with Gasteiger partial charge in [-0.1, -0.05) is 27.2 Å². The molecular weight excluding hydrogens is 198 g/mol. The highest BCUT2D eigenvalue weighted by Crippen LogP contribution is 2.12. The summed E-state index contributed by atoms with van der Waals surface area (Å²) < 4.78 is 2.10. The fourth-order valence-electron chi connectivity index (χ4n) is 1.83. The van der Waals surface area contributed by atoms with Crippen LogP contribution < -0.4 is 5.32 Å². The molecule has 1 N–H and O–H groups in total. The molecule has 0 bridgehead atoms. The van der Waals surface area contributed by atoms with Gasteiger partial charge in [-0.3, -0.25) is 4.68 Å². The van der Waals surface area contributed by atoms with Crippen LogP contribution in [0, 0.1) is 12.8 Å². The maximum atomic E-state index is 4.41. The van der Waals surface area contributed by atoms with Crippen LogP contribution in [0.1, 0.15) is 45.2 Å². The van der Waals surface area contributed by atoms with Gasteiger partial charge in [-0.25, -0.2) is 0 Å². The van der Waals surface area contributed by atoms with E-state index in [1.54, 1.807) is 0 Å². The van der Waals surface area contributed by atoms with Crippen LogP contribution in [0.15, 0.2) is 12.4 Å². The van der Waals surface area contributed by atoms with Gasteiger partial charge in [0.15, 0.2) is 0 Å². The third-order valence-corrected chi connectivity index (χ3v) is 2.66. The van der Waals surface area contributed by atoms with E-state index in [0.717, 1.165) is 13.1 Å². The molecule has 1 aromatic heterocycles. The van der Waals surface area contributed by atoms with Crippen LogP contribution in [0.25, 0.3) is 0 Å². The van der Waals surface area contributed by atoms with Gasteiger partial charge in [0.25, 0.3) is 0 Å². The van der Waals surface area contributed by atoms with Crippen LogP contribution in [0.3, 0.4) is 0 Å². The molecule has 1 unspecified atom stereocenters. The molecule has 1 rings (SSSR count). The van der Waals surface area contributed by atoms with Crippen molar-refractivity contribution in [1.82, 2.24) is 15.1 Å². The number of hydrogen-bond acceptors (Lipinski definition) is 2. The Kier molecular flexibility index (Phi) is 5.53. The standard InChI is InChI=1S/C13H25N3/c1-5-6-13(9-14-7-11(2)3)16-10-12(4)8-15-16/h8,10-11,13-14H,5-7,9H2,1-4H3. The van der Waals surface area contributed by atoms with Crippen LogP contribution in [-0.4, -0.2) is 22.9 Å². The van der Waals surface area contributed by atoms with E-state index >= 15 is 0 Å². The Bertz CT molecular complexity index is 291. The lowest BCUT2D eigenvalue weighted by Crippen LogP contribution is -2.28. The van der Waals surface area contributed by atoms with Crippen molar-refractivity contribution in [2.75, 3.05) is 13.1 Å². The summed E-state index contributed by atoms with van der Waals surface area (Å²) in [7, 11) is 0. The van der Waals surface area contributed by atoms with Gasteiger partial charge in [0.1, 0.15) is 0 Å². The van der Waals surface area contributed by atoms with Crippen LogP contribution in [0.4, 0.5) is 0 Å². The van der Waals surface area contributed by atoms with Gasteiger partial charge in [0.2, 0.25) is 0 Å². The lowest BCUT2D eigenvalue weighted by Gasteiger charge is -2.18. The normalized spacial score (nSPS) is 13.3. The van der Waals surface area contributed by atoms with E-state index in [1.165, 1.54) is 18.4 Å². The van der Waals surface area contributed by atoms with Crippen molar-refractivity contribution in [1.29, 1.82) is 0 Å². The van der Waals surface area contributed by atoms with Crippen LogP contribution >= 0.6 is 0 Å². The molecule has 0 aliphatic heterocycles.